The molecular weight excluding hydrogens is 206 g/mol. The summed E-state index contributed by atoms with van der Waals surface area (Å²) in [5.41, 5.74) is 3.43. The highest BCUT2D eigenvalue weighted by molar-refractivity contribution is 5.31. The summed E-state index contributed by atoms with van der Waals surface area (Å²) in [7, 11) is 0. The summed E-state index contributed by atoms with van der Waals surface area (Å²) in [6, 6.07) is 9.37. The van der Waals surface area contributed by atoms with E-state index in [9.17, 15) is 0 Å². The summed E-state index contributed by atoms with van der Waals surface area (Å²) in [6.45, 7) is 9.19. The standard InChI is InChI=1S/C16H25N/c1-4-16(9-11-17-12-10-16)15-7-5-14(6-8-15)13(2)3/h5-8,13,17H,4,9-12H2,1-3H3. The first-order chi connectivity index (χ1) is 8.18. The third-order valence-electron chi connectivity index (χ3n) is 4.43. The number of hydrogen-bond acceptors (Lipinski definition) is 1. The van der Waals surface area contributed by atoms with Crippen LogP contribution in [-0.2, 0) is 5.41 Å². The van der Waals surface area contributed by atoms with Crippen LogP contribution in [0.3, 0.4) is 0 Å². The molecule has 0 amide bonds. The molecule has 1 fully saturated rings. The van der Waals surface area contributed by atoms with Crippen molar-refractivity contribution >= 4 is 0 Å². The first-order valence-electron chi connectivity index (χ1n) is 6.99. The van der Waals surface area contributed by atoms with E-state index in [-0.39, 0.29) is 0 Å². The molecule has 1 saturated heterocycles. The average molecular weight is 231 g/mol. The molecule has 0 spiro atoms. The van der Waals surface area contributed by atoms with Gasteiger partial charge in [-0.2, -0.15) is 0 Å². The van der Waals surface area contributed by atoms with Crippen LogP contribution in [0.2, 0.25) is 0 Å². The van der Waals surface area contributed by atoms with E-state index in [0.29, 0.717) is 11.3 Å². The molecule has 1 aromatic carbocycles. The Labute approximate surface area is 106 Å². The van der Waals surface area contributed by atoms with Crippen molar-refractivity contribution in [3.63, 3.8) is 0 Å². The molecule has 0 atom stereocenters. The van der Waals surface area contributed by atoms with Crippen LogP contribution in [0.1, 0.15) is 57.1 Å². The van der Waals surface area contributed by atoms with Gasteiger partial charge in [-0.25, -0.2) is 0 Å². The maximum Gasteiger partial charge on any atom is -0.00255 e. The van der Waals surface area contributed by atoms with Gasteiger partial charge in [0.2, 0.25) is 0 Å². The lowest BCUT2D eigenvalue weighted by atomic mass is 9.71. The van der Waals surface area contributed by atoms with Gasteiger partial charge in [0.05, 0.1) is 0 Å². The van der Waals surface area contributed by atoms with E-state index >= 15 is 0 Å². The van der Waals surface area contributed by atoms with Crippen molar-refractivity contribution in [3.8, 4) is 0 Å². The summed E-state index contributed by atoms with van der Waals surface area (Å²) >= 11 is 0. The van der Waals surface area contributed by atoms with Crippen molar-refractivity contribution in [2.45, 2.75) is 51.4 Å². The van der Waals surface area contributed by atoms with Gasteiger partial charge < -0.3 is 5.32 Å². The predicted octanol–water partition coefficient (Wildman–Crippen LogP) is 3.84. The van der Waals surface area contributed by atoms with Crippen LogP contribution in [0.25, 0.3) is 0 Å². The van der Waals surface area contributed by atoms with Gasteiger partial charge >= 0.3 is 0 Å². The number of benzene rings is 1. The topological polar surface area (TPSA) is 12.0 Å². The van der Waals surface area contributed by atoms with Crippen molar-refractivity contribution in [1.82, 2.24) is 5.32 Å². The SMILES string of the molecule is CCC1(c2ccc(C(C)C)cc2)CCNCC1. The molecule has 1 nitrogen and oxygen atoms in total. The summed E-state index contributed by atoms with van der Waals surface area (Å²) in [5, 5.41) is 3.47. The van der Waals surface area contributed by atoms with E-state index in [1.165, 1.54) is 37.9 Å². The highest BCUT2D eigenvalue weighted by atomic mass is 14.9. The fourth-order valence-electron chi connectivity index (χ4n) is 2.97. The Hall–Kier alpha value is -0.820. The molecule has 1 N–H and O–H groups in total. The number of rotatable bonds is 3. The molecule has 1 aliphatic heterocycles. The Morgan fingerprint density at radius 3 is 2.18 bits per heavy atom. The molecule has 94 valence electrons. The molecule has 1 aromatic rings. The van der Waals surface area contributed by atoms with Gasteiger partial charge in [0.25, 0.3) is 0 Å². The third-order valence-corrected chi connectivity index (χ3v) is 4.43. The second-order valence-corrected chi connectivity index (χ2v) is 5.66. The molecule has 1 heterocycles. The van der Waals surface area contributed by atoms with Crippen molar-refractivity contribution in [2.24, 2.45) is 0 Å². The lowest BCUT2D eigenvalue weighted by molar-refractivity contribution is 0.297. The number of piperidine rings is 1. The lowest BCUT2D eigenvalue weighted by Crippen LogP contribution is -2.39. The largest absolute Gasteiger partial charge is 0.317 e. The van der Waals surface area contributed by atoms with Gasteiger partial charge in [0.1, 0.15) is 0 Å². The van der Waals surface area contributed by atoms with Crippen LogP contribution in [0.4, 0.5) is 0 Å². The zero-order chi connectivity index (χ0) is 12.3. The Morgan fingerprint density at radius 1 is 1.12 bits per heavy atom. The fraction of sp³-hybridized carbons (Fsp3) is 0.625. The minimum absolute atomic E-state index is 0.431. The zero-order valence-electron chi connectivity index (χ0n) is 11.4. The molecule has 0 aromatic heterocycles. The van der Waals surface area contributed by atoms with Crippen LogP contribution in [0.5, 0.6) is 0 Å². The van der Waals surface area contributed by atoms with E-state index < -0.39 is 0 Å². The molecule has 0 aliphatic carbocycles. The van der Waals surface area contributed by atoms with E-state index in [1.54, 1.807) is 5.56 Å². The summed E-state index contributed by atoms with van der Waals surface area (Å²) < 4.78 is 0. The molecule has 0 saturated carbocycles. The smallest absolute Gasteiger partial charge is 0.00255 e. The van der Waals surface area contributed by atoms with Crippen LogP contribution in [0.15, 0.2) is 24.3 Å². The van der Waals surface area contributed by atoms with Crippen molar-refractivity contribution in [2.75, 3.05) is 13.1 Å². The molecule has 0 unspecified atom stereocenters. The highest BCUT2D eigenvalue weighted by Crippen LogP contribution is 2.37. The van der Waals surface area contributed by atoms with Gasteiger partial charge in [0.15, 0.2) is 0 Å². The van der Waals surface area contributed by atoms with E-state index in [1.807, 2.05) is 0 Å². The predicted molar refractivity (Wildman–Crippen MR) is 74.6 cm³/mol. The Kier molecular flexibility index (Phi) is 3.88. The second-order valence-electron chi connectivity index (χ2n) is 5.66. The third kappa shape index (κ3) is 2.55. The average Bonchev–Trinajstić information content (AvgIpc) is 2.39. The van der Waals surface area contributed by atoms with Gasteiger partial charge in [-0.3, -0.25) is 0 Å². The van der Waals surface area contributed by atoms with E-state index in [4.69, 9.17) is 0 Å². The van der Waals surface area contributed by atoms with E-state index in [2.05, 4.69) is 50.4 Å². The molecule has 2 rings (SSSR count). The fourth-order valence-corrected chi connectivity index (χ4v) is 2.97. The second kappa shape index (κ2) is 5.22. The number of hydrogen-bond donors (Lipinski definition) is 1. The maximum absolute atomic E-state index is 3.47. The summed E-state index contributed by atoms with van der Waals surface area (Å²) in [6.07, 6.45) is 3.82. The maximum atomic E-state index is 3.47. The first kappa shape index (κ1) is 12.6. The van der Waals surface area contributed by atoms with Gasteiger partial charge in [-0.05, 0) is 54.8 Å². The normalized spacial score (nSPS) is 19.5. The van der Waals surface area contributed by atoms with Crippen molar-refractivity contribution in [1.29, 1.82) is 0 Å². The van der Waals surface area contributed by atoms with Crippen molar-refractivity contribution < 1.29 is 0 Å². The zero-order valence-corrected chi connectivity index (χ0v) is 11.4. The van der Waals surface area contributed by atoms with Gasteiger partial charge in [0, 0.05) is 0 Å². The molecule has 1 heteroatoms. The van der Waals surface area contributed by atoms with E-state index in [0.717, 1.165) is 0 Å². The van der Waals surface area contributed by atoms with Gasteiger partial charge in [-0.15, -0.1) is 0 Å². The van der Waals surface area contributed by atoms with Crippen LogP contribution < -0.4 is 5.32 Å². The molecule has 0 bridgehead atoms. The molecule has 1 aliphatic rings. The Morgan fingerprint density at radius 2 is 1.71 bits per heavy atom. The highest BCUT2D eigenvalue weighted by Gasteiger charge is 2.31. The van der Waals surface area contributed by atoms with Gasteiger partial charge in [-0.1, -0.05) is 45.0 Å². The van der Waals surface area contributed by atoms with Crippen LogP contribution in [-0.4, -0.2) is 13.1 Å². The summed E-state index contributed by atoms with van der Waals surface area (Å²) in [5.74, 6) is 0.634. The Bertz CT molecular complexity index is 344. The number of nitrogens with one attached hydrogen (secondary N) is 1. The van der Waals surface area contributed by atoms with Crippen molar-refractivity contribution in [3.05, 3.63) is 35.4 Å². The quantitative estimate of drug-likeness (QED) is 0.833. The lowest BCUT2D eigenvalue weighted by Gasteiger charge is -2.37. The first-order valence-corrected chi connectivity index (χ1v) is 6.99. The summed E-state index contributed by atoms with van der Waals surface area (Å²) in [4.78, 5) is 0. The molecule has 17 heavy (non-hydrogen) atoms. The monoisotopic (exact) mass is 231 g/mol. The minimum Gasteiger partial charge on any atom is -0.317 e. The molecule has 0 radical (unpaired) electrons. The Balaban J connectivity index is 2.24. The minimum atomic E-state index is 0.431. The van der Waals surface area contributed by atoms with Crippen LogP contribution >= 0.6 is 0 Å². The van der Waals surface area contributed by atoms with Crippen LogP contribution in [0, 0.1) is 0 Å². The molecular formula is C16H25N.